The predicted octanol–water partition coefficient (Wildman–Crippen LogP) is 3.76. The summed E-state index contributed by atoms with van der Waals surface area (Å²) in [6.45, 7) is 3.06. The zero-order valence-electron chi connectivity index (χ0n) is 19.9. The lowest BCUT2D eigenvalue weighted by Gasteiger charge is -2.31. The van der Waals surface area contributed by atoms with Crippen LogP contribution < -0.4 is 21.3 Å². The van der Waals surface area contributed by atoms with Gasteiger partial charge in [-0.05, 0) is 30.3 Å². The van der Waals surface area contributed by atoms with E-state index >= 15 is 0 Å². The zero-order chi connectivity index (χ0) is 25.8. The summed E-state index contributed by atoms with van der Waals surface area (Å²) in [5.74, 6) is -1.34. The van der Waals surface area contributed by atoms with Crippen LogP contribution in [0.5, 0.6) is 0 Å². The number of hydrogen-bond donors (Lipinski definition) is 3. The largest absolute Gasteiger partial charge is 0.382 e. The monoisotopic (exact) mass is 496 g/mol. The van der Waals surface area contributed by atoms with Gasteiger partial charge in [0.2, 0.25) is 0 Å². The molecule has 0 saturated carbocycles. The first-order valence-electron chi connectivity index (χ1n) is 11.9. The number of nitrogens with one attached hydrogen (secondary N) is 2. The van der Waals surface area contributed by atoms with E-state index in [2.05, 4.69) is 25.5 Å². The molecule has 4 aromatic rings. The van der Waals surface area contributed by atoms with Crippen molar-refractivity contribution in [1.82, 2.24) is 15.3 Å². The van der Waals surface area contributed by atoms with Gasteiger partial charge >= 0.3 is 0 Å². The second-order valence-corrected chi connectivity index (χ2v) is 8.59. The summed E-state index contributed by atoms with van der Waals surface area (Å²) in [5, 5.41) is 6.18. The fourth-order valence-corrected chi connectivity index (χ4v) is 4.26. The van der Waals surface area contributed by atoms with Crippen molar-refractivity contribution >= 4 is 28.9 Å². The molecule has 4 N–H and O–H groups in total. The van der Waals surface area contributed by atoms with Crippen LogP contribution in [-0.2, 0) is 0 Å². The van der Waals surface area contributed by atoms with Gasteiger partial charge in [-0.3, -0.25) is 9.59 Å². The van der Waals surface area contributed by atoms with Gasteiger partial charge in [0.05, 0.1) is 23.3 Å². The summed E-state index contributed by atoms with van der Waals surface area (Å²) < 4.78 is 14.3. The molecule has 0 aliphatic carbocycles. The van der Waals surface area contributed by atoms with Crippen molar-refractivity contribution in [3.8, 4) is 11.3 Å². The molecule has 0 radical (unpaired) electrons. The van der Waals surface area contributed by atoms with Crippen molar-refractivity contribution in [2.45, 2.75) is 0 Å². The maximum absolute atomic E-state index is 14.3. The molecule has 0 spiro atoms. The number of nitrogens with two attached hydrogens (primary N) is 1. The molecular weight excluding hydrogens is 471 g/mol. The molecule has 0 atom stereocenters. The normalized spacial score (nSPS) is 13.3. The van der Waals surface area contributed by atoms with Crippen LogP contribution in [0.25, 0.3) is 11.3 Å². The Morgan fingerprint density at radius 3 is 2.43 bits per heavy atom. The van der Waals surface area contributed by atoms with Crippen molar-refractivity contribution < 1.29 is 14.0 Å². The third-order valence-corrected chi connectivity index (χ3v) is 6.17. The molecule has 9 heteroatoms. The minimum absolute atomic E-state index is 0.0853. The van der Waals surface area contributed by atoms with Crippen molar-refractivity contribution in [3.05, 3.63) is 102 Å². The Balaban J connectivity index is 1.51. The summed E-state index contributed by atoms with van der Waals surface area (Å²) in [4.78, 5) is 37.0. The van der Waals surface area contributed by atoms with E-state index in [1.165, 1.54) is 12.3 Å². The first-order valence-corrected chi connectivity index (χ1v) is 11.9. The van der Waals surface area contributed by atoms with Crippen LogP contribution in [0.15, 0.2) is 79.0 Å². The molecule has 1 fully saturated rings. The number of rotatable bonds is 6. The Hall–Kier alpha value is -4.63. The highest BCUT2D eigenvalue weighted by atomic mass is 19.1. The highest BCUT2D eigenvalue weighted by Gasteiger charge is 2.22. The van der Waals surface area contributed by atoms with E-state index in [0.717, 1.165) is 31.9 Å². The number of carbonyl (C=O) groups excluding carboxylic acids is 2. The van der Waals surface area contributed by atoms with Crippen LogP contribution in [0.1, 0.15) is 26.4 Å². The van der Waals surface area contributed by atoms with Crippen LogP contribution in [0.4, 0.5) is 21.6 Å². The molecule has 5 rings (SSSR count). The molecule has 1 aliphatic heterocycles. The second kappa shape index (κ2) is 10.5. The summed E-state index contributed by atoms with van der Waals surface area (Å²) in [6.07, 6.45) is 1.33. The summed E-state index contributed by atoms with van der Waals surface area (Å²) in [6, 6.07) is 20.3. The van der Waals surface area contributed by atoms with E-state index < -0.39 is 11.7 Å². The lowest BCUT2D eigenvalue weighted by atomic mass is 10.0. The molecule has 8 nitrogen and oxygen atoms in total. The maximum Gasteiger partial charge on any atom is 0.278 e. The van der Waals surface area contributed by atoms with E-state index in [0.29, 0.717) is 16.8 Å². The third-order valence-electron chi connectivity index (χ3n) is 6.17. The number of benzene rings is 3. The van der Waals surface area contributed by atoms with E-state index in [4.69, 9.17) is 5.73 Å². The van der Waals surface area contributed by atoms with Crippen LogP contribution in [0.2, 0.25) is 0 Å². The number of nitrogens with zero attached hydrogens (tertiary/aromatic N) is 3. The maximum atomic E-state index is 14.3. The number of carbonyl (C=O) groups is 2. The Bertz CT molecular complexity index is 1450. The summed E-state index contributed by atoms with van der Waals surface area (Å²) in [7, 11) is 0. The van der Waals surface area contributed by atoms with Gasteiger partial charge in [-0.25, -0.2) is 14.4 Å². The van der Waals surface area contributed by atoms with E-state index in [1.54, 1.807) is 54.6 Å². The number of amides is 1. The van der Waals surface area contributed by atoms with Gasteiger partial charge in [-0.15, -0.1) is 0 Å². The molecule has 3 aromatic carbocycles. The van der Waals surface area contributed by atoms with Crippen molar-refractivity contribution in [2.75, 3.05) is 42.1 Å². The number of anilines is 3. The van der Waals surface area contributed by atoms with E-state index in [9.17, 15) is 14.0 Å². The Kier molecular flexibility index (Phi) is 6.87. The first kappa shape index (κ1) is 24.1. The molecule has 0 unspecified atom stereocenters. The Morgan fingerprint density at radius 1 is 0.946 bits per heavy atom. The summed E-state index contributed by atoms with van der Waals surface area (Å²) >= 11 is 0. The number of piperazine rings is 1. The third kappa shape index (κ3) is 5.17. The fraction of sp³-hybridized carbons (Fsp3) is 0.143. The molecule has 1 amide bonds. The van der Waals surface area contributed by atoms with E-state index in [1.807, 2.05) is 12.1 Å². The minimum atomic E-state index is -0.608. The van der Waals surface area contributed by atoms with Crippen LogP contribution in [0, 0.1) is 5.82 Å². The molecule has 1 saturated heterocycles. The van der Waals surface area contributed by atoms with Crippen molar-refractivity contribution in [2.24, 2.45) is 0 Å². The highest BCUT2D eigenvalue weighted by Crippen LogP contribution is 2.30. The van der Waals surface area contributed by atoms with Gasteiger partial charge < -0.3 is 21.3 Å². The van der Waals surface area contributed by atoms with E-state index in [-0.39, 0.29) is 28.6 Å². The van der Waals surface area contributed by atoms with Gasteiger partial charge in [0, 0.05) is 42.9 Å². The molecule has 2 heterocycles. The molecule has 186 valence electrons. The van der Waals surface area contributed by atoms with Crippen molar-refractivity contribution in [3.63, 3.8) is 0 Å². The van der Waals surface area contributed by atoms with Crippen LogP contribution in [0.3, 0.4) is 0 Å². The molecule has 37 heavy (non-hydrogen) atoms. The average molecular weight is 497 g/mol. The van der Waals surface area contributed by atoms with Crippen molar-refractivity contribution in [1.29, 1.82) is 0 Å². The SMILES string of the molecule is Nc1ncc(-c2ccccc2F)nc1C(=O)Nc1cc(C(=O)c2ccccc2)ccc1N1CCNCC1. The van der Waals surface area contributed by atoms with Crippen LogP contribution >= 0.6 is 0 Å². The number of ketones is 1. The first-order chi connectivity index (χ1) is 18.0. The predicted molar refractivity (Wildman–Crippen MR) is 141 cm³/mol. The zero-order valence-corrected chi connectivity index (χ0v) is 19.9. The molecular formula is C28H25FN6O2. The fourth-order valence-electron chi connectivity index (χ4n) is 4.26. The van der Waals surface area contributed by atoms with Gasteiger partial charge in [-0.2, -0.15) is 0 Å². The second-order valence-electron chi connectivity index (χ2n) is 8.59. The standard InChI is InChI=1S/C28H25FN6O2/c29-21-9-5-4-8-20(21)23-17-32-27(30)25(33-23)28(37)34-22-16-19(26(36)18-6-2-1-3-7-18)10-11-24(22)35-14-12-31-13-15-35/h1-11,16-17,31H,12-15H2,(H2,30,32)(H,34,37). The van der Waals surface area contributed by atoms with Gasteiger partial charge in [0.15, 0.2) is 17.3 Å². The Labute approximate surface area is 213 Å². The number of halogens is 1. The quantitative estimate of drug-likeness (QED) is 0.349. The topological polar surface area (TPSA) is 113 Å². The van der Waals surface area contributed by atoms with Gasteiger partial charge in [0.25, 0.3) is 5.91 Å². The Morgan fingerprint density at radius 2 is 1.68 bits per heavy atom. The minimum Gasteiger partial charge on any atom is -0.382 e. The average Bonchev–Trinajstić information content (AvgIpc) is 2.94. The summed E-state index contributed by atoms with van der Waals surface area (Å²) in [5.41, 5.74) is 8.46. The number of hydrogen-bond acceptors (Lipinski definition) is 7. The molecule has 1 aliphatic rings. The van der Waals surface area contributed by atoms with Gasteiger partial charge in [-0.1, -0.05) is 42.5 Å². The number of aromatic nitrogens is 2. The lowest BCUT2D eigenvalue weighted by molar-refractivity contribution is 0.101. The smallest absolute Gasteiger partial charge is 0.278 e. The number of nitrogen functional groups attached to an aromatic ring is 1. The molecule has 1 aromatic heterocycles. The van der Waals surface area contributed by atoms with Gasteiger partial charge in [0.1, 0.15) is 5.82 Å². The lowest BCUT2D eigenvalue weighted by Crippen LogP contribution is -2.43. The highest BCUT2D eigenvalue weighted by molar-refractivity contribution is 6.12. The molecule has 0 bridgehead atoms. The van der Waals surface area contributed by atoms with Crippen LogP contribution in [-0.4, -0.2) is 47.8 Å².